The SMILES string of the molecule is CC(C)(C)c1nc(C2Cc3ccccc32)[nH]c(=O)c1Br. The third kappa shape index (κ3) is 2.12. The number of nitrogens with zero attached hydrogens (tertiary/aromatic N) is 1. The summed E-state index contributed by atoms with van der Waals surface area (Å²) in [5, 5.41) is 0. The Morgan fingerprint density at radius 1 is 1.30 bits per heavy atom. The summed E-state index contributed by atoms with van der Waals surface area (Å²) in [7, 11) is 0. The molecule has 1 aliphatic carbocycles. The molecule has 1 unspecified atom stereocenters. The molecular formula is C16H17BrN2O. The number of halogens is 1. The molecule has 0 fully saturated rings. The van der Waals surface area contributed by atoms with Gasteiger partial charge in [-0.1, -0.05) is 45.0 Å². The molecule has 104 valence electrons. The molecule has 2 aromatic rings. The molecule has 4 heteroatoms. The molecule has 1 aromatic carbocycles. The summed E-state index contributed by atoms with van der Waals surface area (Å²) in [5.41, 5.74) is 3.19. The standard InChI is InChI=1S/C16H17BrN2O/c1-16(2,3)13-12(17)15(20)19-14(18-13)11-8-9-6-4-5-7-10(9)11/h4-7,11H,8H2,1-3H3,(H,18,19,20). The smallest absolute Gasteiger partial charge is 0.265 e. The van der Waals surface area contributed by atoms with Crippen LogP contribution in [0.1, 0.15) is 49.3 Å². The molecule has 0 bridgehead atoms. The van der Waals surface area contributed by atoms with Gasteiger partial charge in [-0.25, -0.2) is 4.98 Å². The largest absolute Gasteiger partial charge is 0.309 e. The van der Waals surface area contributed by atoms with E-state index in [9.17, 15) is 4.79 Å². The van der Waals surface area contributed by atoms with Gasteiger partial charge in [-0.2, -0.15) is 0 Å². The van der Waals surface area contributed by atoms with Gasteiger partial charge in [-0.05, 0) is 33.5 Å². The van der Waals surface area contributed by atoms with Gasteiger partial charge in [-0.15, -0.1) is 0 Å². The van der Waals surface area contributed by atoms with E-state index in [2.05, 4.69) is 53.8 Å². The highest BCUT2D eigenvalue weighted by atomic mass is 79.9. The minimum Gasteiger partial charge on any atom is -0.309 e. The third-order valence-corrected chi connectivity index (χ3v) is 4.51. The van der Waals surface area contributed by atoms with Crippen LogP contribution >= 0.6 is 15.9 Å². The Hall–Kier alpha value is -1.42. The summed E-state index contributed by atoms with van der Waals surface area (Å²) in [5.74, 6) is 0.995. The average molecular weight is 333 g/mol. The number of benzene rings is 1. The molecular weight excluding hydrogens is 316 g/mol. The molecule has 0 radical (unpaired) electrons. The molecule has 0 spiro atoms. The normalized spacial score (nSPS) is 17.5. The fraction of sp³-hybridized carbons (Fsp3) is 0.375. The summed E-state index contributed by atoms with van der Waals surface area (Å²) in [6.45, 7) is 6.20. The number of H-pyrrole nitrogens is 1. The van der Waals surface area contributed by atoms with Gasteiger partial charge in [0.15, 0.2) is 0 Å². The maximum Gasteiger partial charge on any atom is 0.265 e. The Kier molecular flexibility index (Phi) is 3.09. The Morgan fingerprint density at radius 2 is 2.00 bits per heavy atom. The van der Waals surface area contributed by atoms with Crippen molar-refractivity contribution >= 4 is 15.9 Å². The lowest BCUT2D eigenvalue weighted by molar-refractivity contribution is 0.545. The maximum atomic E-state index is 12.1. The number of nitrogens with one attached hydrogen (secondary N) is 1. The number of aromatic nitrogens is 2. The highest BCUT2D eigenvalue weighted by Gasteiger charge is 2.31. The van der Waals surface area contributed by atoms with Gasteiger partial charge in [0, 0.05) is 11.3 Å². The molecule has 0 aliphatic heterocycles. The zero-order valence-corrected chi connectivity index (χ0v) is 13.4. The van der Waals surface area contributed by atoms with Crippen molar-refractivity contribution in [2.75, 3.05) is 0 Å². The Labute approximate surface area is 126 Å². The monoisotopic (exact) mass is 332 g/mol. The van der Waals surface area contributed by atoms with Crippen LogP contribution in [0.25, 0.3) is 0 Å². The minimum absolute atomic E-state index is 0.0932. The first-order valence-corrected chi connectivity index (χ1v) is 7.55. The van der Waals surface area contributed by atoms with Crippen molar-refractivity contribution in [1.29, 1.82) is 0 Å². The molecule has 0 amide bonds. The zero-order chi connectivity index (χ0) is 14.5. The van der Waals surface area contributed by atoms with Crippen LogP contribution in [0, 0.1) is 0 Å². The molecule has 1 aromatic heterocycles. The van der Waals surface area contributed by atoms with Crippen LogP contribution in [-0.4, -0.2) is 9.97 Å². The van der Waals surface area contributed by atoms with E-state index < -0.39 is 0 Å². The topological polar surface area (TPSA) is 45.8 Å². The summed E-state index contributed by atoms with van der Waals surface area (Å²) in [6, 6.07) is 8.33. The van der Waals surface area contributed by atoms with Crippen LogP contribution < -0.4 is 5.56 Å². The first-order valence-electron chi connectivity index (χ1n) is 6.76. The predicted octanol–water partition coefficient (Wildman–Crippen LogP) is 3.52. The lowest BCUT2D eigenvalue weighted by atomic mass is 9.77. The van der Waals surface area contributed by atoms with Crippen LogP contribution in [0.3, 0.4) is 0 Å². The van der Waals surface area contributed by atoms with Crippen LogP contribution in [0.15, 0.2) is 33.5 Å². The van der Waals surface area contributed by atoms with Crippen molar-refractivity contribution in [2.45, 2.75) is 38.5 Å². The van der Waals surface area contributed by atoms with E-state index in [1.54, 1.807) is 0 Å². The van der Waals surface area contributed by atoms with Crippen molar-refractivity contribution in [3.63, 3.8) is 0 Å². The van der Waals surface area contributed by atoms with E-state index >= 15 is 0 Å². The van der Waals surface area contributed by atoms with Crippen LogP contribution in [-0.2, 0) is 11.8 Å². The first kappa shape index (κ1) is 13.6. The van der Waals surface area contributed by atoms with Crippen molar-refractivity contribution in [3.05, 3.63) is 61.7 Å². The second kappa shape index (κ2) is 4.55. The Morgan fingerprint density at radius 3 is 2.65 bits per heavy atom. The van der Waals surface area contributed by atoms with Gasteiger partial charge in [0.25, 0.3) is 5.56 Å². The van der Waals surface area contributed by atoms with Crippen LogP contribution in [0.5, 0.6) is 0 Å². The summed E-state index contributed by atoms with van der Waals surface area (Å²) in [4.78, 5) is 19.8. The van der Waals surface area contributed by atoms with E-state index in [0.717, 1.165) is 17.9 Å². The van der Waals surface area contributed by atoms with E-state index in [4.69, 9.17) is 4.98 Å². The molecule has 3 rings (SSSR count). The fourth-order valence-corrected chi connectivity index (χ4v) is 3.42. The van der Waals surface area contributed by atoms with Gasteiger partial charge in [0.2, 0.25) is 0 Å². The molecule has 1 N–H and O–H groups in total. The molecule has 1 atom stereocenters. The second-order valence-corrected chi connectivity index (χ2v) is 7.11. The molecule has 1 aliphatic rings. The van der Waals surface area contributed by atoms with Gasteiger partial charge in [0.1, 0.15) is 10.3 Å². The predicted molar refractivity (Wildman–Crippen MR) is 83.2 cm³/mol. The maximum absolute atomic E-state index is 12.1. The summed E-state index contributed by atoms with van der Waals surface area (Å²) < 4.78 is 0.543. The number of rotatable bonds is 1. The quantitative estimate of drug-likeness (QED) is 0.868. The van der Waals surface area contributed by atoms with E-state index in [1.165, 1.54) is 11.1 Å². The highest BCUT2D eigenvalue weighted by molar-refractivity contribution is 9.10. The van der Waals surface area contributed by atoms with Gasteiger partial charge < -0.3 is 4.98 Å². The highest BCUT2D eigenvalue weighted by Crippen LogP contribution is 2.38. The van der Waals surface area contributed by atoms with Crippen molar-refractivity contribution < 1.29 is 0 Å². The summed E-state index contributed by atoms with van der Waals surface area (Å²) in [6.07, 6.45) is 0.949. The van der Waals surface area contributed by atoms with Crippen LogP contribution in [0.4, 0.5) is 0 Å². The number of hydrogen-bond acceptors (Lipinski definition) is 2. The van der Waals surface area contributed by atoms with E-state index in [1.807, 2.05) is 12.1 Å². The molecule has 0 saturated heterocycles. The van der Waals surface area contributed by atoms with Crippen LogP contribution in [0.2, 0.25) is 0 Å². The van der Waals surface area contributed by atoms with Gasteiger partial charge in [0.05, 0.1) is 5.69 Å². The molecule has 20 heavy (non-hydrogen) atoms. The van der Waals surface area contributed by atoms with Gasteiger partial charge >= 0.3 is 0 Å². The number of fused-ring (bicyclic) bond motifs is 1. The fourth-order valence-electron chi connectivity index (χ4n) is 2.64. The average Bonchev–Trinajstić information content (AvgIpc) is 2.33. The minimum atomic E-state index is -0.162. The van der Waals surface area contributed by atoms with Crippen molar-refractivity contribution in [3.8, 4) is 0 Å². The lowest BCUT2D eigenvalue weighted by Crippen LogP contribution is -2.28. The Balaban J connectivity index is 2.10. The van der Waals surface area contributed by atoms with E-state index in [-0.39, 0.29) is 16.9 Å². The number of aromatic amines is 1. The lowest BCUT2D eigenvalue weighted by Gasteiger charge is -2.30. The van der Waals surface area contributed by atoms with Crippen molar-refractivity contribution in [2.24, 2.45) is 0 Å². The van der Waals surface area contributed by atoms with E-state index in [0.29, 0.717) is 4.47 Å². The Bertz CT molecular complexity index is 728. The third-order valence-electron chi connectivity index (χ3n) is 3.78. The molecule has 3 nitrogen and oxygen atoms in total. The summed E-state index contributed by atoms with van der Waals surface area (Å²) >= 11 is 3.36. The first-order chi connectivity index (χ1) is 9.38. The van der Waals surface area contributed by atoms with Crippen molar-refractivity contribution in [1.82, 2.24) is 9.97 Å². The second-order valence-electron chi connectivity index (χ2n) is 6.32. The molecule has 0 saturated carbocycles. The molecule has 1 heterocycles. The van der Waals surface area contributed by atoms with Gasteiger partial charge in [-0.3, -0.25) is 4.79 Å². The zero-order valence-electron chi connectivity index (χ0n) is 11.8. The number of hydrogen-bond donors (Lipinski definition) is 1.